The minimum atomic E-state index is -4.42. The molecule has 3 aromatic rings. The topological polar surface area (TPSA) is 106 Å². The molecule has 40 heavy (non-hydrogen) atoms. The molecule has 2 saturated carbocycles. The molecule has 14 heteroatoms. The molecule has 5 rings (SSSR count). The Morgan fingerprint density at radius 2 is 1.77 bits per heavy atom. The molecule has 2 aliphatic rings. The monoisotopic (exact) mass is 567 g/mol. The molecule has 2 aliphatic carbocycles. The summed E-state index contributed by atoms with van der Waals surface area (Å²) in [5, 5.41) is 14.1. The lowest BCUT2D eigenvalue weighted by Gasteiger charge is -2.33. The second-order valence-corrected chi connectivity index (χ2v) is 10.7. The SMILES string of the molecule is Cn1nccc1C(=O)N[C@H](c1cn2ncc([C@H](NC(=O)CCC(F)(F)F)C3CC3)cc2n1)C1CCC(F)(F)CC1. The molecule has 0 spiro atoms. The van der Waals surface area contributed by atoms with Gasteiger partial charge in [0.2, 0.25) is 11.8 Å². The van der Waals surface area contributed by atoms with Crippen molar-refractivity contribution >= 4 is 17.5 Å². The van der Waals surface area contributed by atoms with Gasteiger partial charge in [-0.3, -0.25) is 14.3 Å². The van der Waals surface area contributed by atoms with Gasteiger partial charge in [-0.05, 0) is 55.2 Å². The van der Waals surface area contributed by atoms with Crippen LogP contribution >= 0.6 is 0 Å². The summed E-state index contributed by atoms with van der Waals surface area (Å²) in [5.41, 5.74) is 1.78. The van der Waals surface area contributed by atoms with Crippen LogP contribution in [0.2, 0.25) is 0 Å². The van der Waals surface area contributed by atoms with Crippen molar-refractivity contribution in [3.05, 3.63) is 47.7 Å². The van der Waals surface area contributed by atoms with Gasteiger partial charge < -0.3 is 10.6 Å². The molecule has 2 fully saturated rings. The maximum Gasteiger partial charge on any atom is 0.389 e. The fourth-order valence-electron chi connectivity index (χ4n) is 5.27. The van der Waals surface area contributed by atoms with Gasteiger partial charge in [-0.25, -0.2) is 18.3 Å². The molecule has 0 aromatic carbocycles. The lowest BCUT2D eigenvalue weighted by atomic mass is 9.81. The van der Waals surface area contributed by atoms with Crippen molar-refractivity contribution in [3.63, 3.8) is 0 Å². The summed E-state index contributed by atoms with van der Waals surface area (Å²) in [4.78, 5) is 30.0. The highest BCUT2D eigenvalue weighted by Crippen LogP contribution is 2.43. The predicted molar refractivity (Wildman–Crippen MR) is 132 cm³/mol. The molecule has 0 saturated heterocycles. The first-order chi connectivity index (χ1) is 18.9. The molecule has 2 amide bonds. The molecule has 9 nitrogen and oxygen atoms in total. The molecular weight excluding hydrogens is 537 g/mol. The second kappa shape index (κ2) is 10.8. The van der Waals surface area contributed by atoms with Crippen molar-refractivity contribution in [2.45, 2.75) is 75.5 Å². The number of amides is 2. The number of nitrogens with zero attached hydrogens (tertiary/aromatic N) is 5. The van der Waals surface area contributed by atoms with Crippen LogP contribution in [0.25, 0.3) is 5.65 Å². The van der Waals surface area contributed by atoms with Crippen LogP contribution in [0, 0.1) is 11.8 Å². The average Bonchev–Trinajstić information content (AvgIpc) is 3.49. The number of hydrogen-bond donors (Lipinski definition) is 2. The summed E-state index contributed by atoms with van der Waals surface area (Å²) in [5.74, 6) is -4.05. The first kappa shape index (κ1) is 28.0. The van der Waals surface area contributed by atoms with Crippen molar-refractivity contribution < 1.29 is 31.5 Å². The van der Waals surface area contributed by atoms with Crippen molar-refractivity contribution in [1.29, 1.82) is 0 Å². The van der Waals surface area contributed by atoms with Crippen LogP contribution < -0.4 is 10.6 Å². The average molecular weight is 568 g/mol. The van der Waals surface area contributed by atoms with Crippen LogP contribution in [-0.4, -0.2) is 48.3 Å². The highest BCUT2D eigenvalue weighted by atomic mass is 19.4. The Morgan fingerprint density at radius 1 is 1.07 bits per heavy atom. The van der Waals surface area contributed by atoms with Crippen LogP contribution in [0.4, 0.5) is 22.0 Å². The maximum atomic E-state index is 13.9. The Balaban J connectivity index is 1.39. The Morgan fingerprint density at radius 3 is 2.40 bits per heavy atom. The Hall–Kier alpha value is -3.58. The summed E-state index contributed by atoms with van der Waals surface area (Å²) in [6, 6.07) is 2.10. The van der Waals surface area contributed by atoms with Crippen molar-refractivity contribution in [1.82, 2.24) is 35.0 Å². The van der Waals surface area contributed by atoms with Crippen molar-refractivity contribution in [3.8, 4) is 0 Å². The van der Waals surface area contributed by atoms with Gasteiger partial charge in [0.1, 0.15) is 5.69 Å². The summed E-state index contributed by atoms with van der Waals surface area (Å²) < 4.78 is 68.5. The Kier molecular flexibility index (Phi) is 7.53. The number of fused-ring (bicyclic) bond motifs is 1. The molecule has 0 unspecified atom stereocenters. The maximum absolute atomic E-state index is 13.9. The van der Waals surface area contributed by atoms with Gasteiger partial charge in [-0.1, -0.05) is 0 Å². The second-order valence-electron chi connectivity index (χ2n) is 10.7. The minimum Gasteiger partial charge on any atom is -0.349 e. The molecular formula is C26H30F5N7O2. The molecule has 2 N–H and O–H groups in total. The van der Waals surface area contributed by atoms with E-state index in [1.165, 1.54) is 21.6 Å². The minimum absolute atomic E-state index is 0.0864. The highest BCUT2D eigenvalue weighted by Gasteiger charge is 2.40. The number of carbonyl (C=O) groups excluding carboxylic acids is 2. The number of nitrogens with one attached hydrogen (secondary N) is 2. The number of aryl methyl sites for hydroxylation is 1. The molecule has 0 aliphatic heterocycles. The van der Waals surface area contributed by atoms with E-state index >= 15 is 0 Å². The summed E-state index contributed by atoms with van der Waals surface area (Å²) >= 11 is 0. The van der Waals surface area contributed by atoms with Gasteiger partial charge in [0.25, 0.3) is 5.91 Å². The molecule has 3 heterocycles. The number of halogens is 5. The van der Waals surface area contributed by atoms with Gasteiger partial charge in [0.15, 0.2) is 5.65 Å². The van der Waals surface area contributed by atoms with E-state index in [9.17, 15) is 31.5 Å². The fraction of sp³-hybridized carbons (Fsp3) is 0.577. The third-order valence-electron chi connectivity index (χ3n) is 7.66. The largest absolute Gasteiger partial charge is 0.389 e. The van der Waals surface area contributed by atoms with E-state index in [0.29, 0.717) is 22.6 Å². The number of rotatable bonds is 9. The lowest BCUT2D eigenvalue weighted by molar-refractivity contribution is -0.144. The Bertz CT molecular complexity index is 1370. The summed E-state index contributed by atoms with van der Waals surface area (Å²) in [6.07, 6.45) is -0.157. The zero-order chi connectivity index (χ0) is 28.7. The Labute approximate surface area is 226 Å². The predicted octanol–water partition coefficient (Wildman–Crippen LogP) is 4.67. The smallest absolute Gasteiger partial charge is 0.349 e. The van der Waals surface area contributed by atoms with Crippen LogP contribution in [0.1, 0.15) is 85.2 Å². The van der Waals surface area contributed by atoms with Crippen LogP contribution in [0.5, 0.6) is 0 Å². The van der Waals surface area contributed by atoms with Crippen LogP contribution in [0.15, 0.2) is 30.7 Å². The van der Waals surface area contributed by atoms with Crippen molar-refractivity contribution in [2.24, 2.45) is 18.9 Å². The van der Waals surface area contributed by atoms with E-state index in [2.05, 4.69) is 25.8 Å². The highest BCUT2D eigenvalue weighted by molar-refractivity contribution is 5.92. The fourth-order valence-corrected chi connectivity index (χ4v) is 5.27. The number of carbonyl (C=O) groups is 2. The first-order valence-electron chi connectivity index (χ1n) is 13.3. The number of aromatic nitrogens is 5. The number of alkyl halides is 5. The number of imidazole rings is 1. The standard InChI is InChI=1S/C26H30F5N7O2/c1-37-19(7-11-32-37)24(40)36-23(16-4-8-25(27,28)9-5-16)18-14-38-20(34-18)12-17(13-33-38)22(15-2-3-15)35-21(39)6-10-26(29,30)31/h7,11-16,22-23H,2-6,8-10H2,1H3,(H,35,39)(H,36,40)/t22-,23+/m1/s1. The van der Waals surface area contributed by atoms with Gasteiger partial charge >= 0.3 is 6.18 Å². The van der Waals surface area contributed by atoms with Gasteiger partial charge in [-0.15, -0.1) is 0 Å². The zero-order valence-electron chi connectivity index (χ0n) is 21.8. The normalized spacial score (nSPS) is 19.4. The summed E-state index contributed by atoms with van der Waals surface area (Å²) in [7, 11) is 1.62. The van der Waals surface area contributed by atoms with E-state index in [1.807, 2.05) is 0 Å². The van der Waals surface area contributed by atoms with Crippen molar-refractivity contribution in [2.75, 3.05) is 0 Å². The molecule has 3 aromatic heterocycles. The molecule has 2 atom stereocenters. The summed E-state index contributed by atoms with van der Waals surface area (Å²) in [6.45, 7) is 0. The third kappa shape index (κ3) is 6.58. The van der Waals surface area contributed by atoms with Gasteiger partial charge in [0, 0.05) is 32.5 Å². The van der Waals surface area contributed by atoms with E-state index in [4.69, 9.17) is 0 Å². The first-order valence-corrected chi connectivity index (χ1v) is 13.3. The van der Waals surface area contributed by atoms with Gasteiger partial charge in [-0.2, -0.15) is 23.4 Å². The zero-order valence-corrected chi connectivity index (χ0v) is 21.8. The number of hydrogen-bond acceptors (Lipinski definition) is 5. The molecule has 216 valence electrons. The van der Waals surface area contributed by atoms with E-state index < -0.39 is 48.8 Å². The van der Waals surface area contributed by atoms with Gasteiger partial charge in [0.05, 0.1) is 36.6 Å². The van der Waals surface area contributed by atoms with Crippen LogP contribution in [-0.2, 0) is 11.8 Å². The van der Waals surface area contributed by atoms with E-state index in [0.717, 1.165) is 12.8 Å². The van der Waals surface area contributed by atoms with Crippen LogP contribution in [0.3, 0.4) is 0 Å². The van der Waals surface area contributed by atoms with E-state index in [-0.39, 0.29) is 37.5 Å². The third-order valence-corrected chi connectivity index (χ3v) is 7.66. The quantitative estimate of drug-likeness (QED) is 0.366. The lowest BCUT2D eigenvalue weighted by Crippen LogP contribution is -2.38. The molecule has 0 radical (unpaired) electrons. The molecule has 0 bridgehead atoms. The van der Waals surface area contributed by atoms with E-state index in [1.54, 1.807) is 25.4 Å².